The van der Waals surface area contributed by atoms with Crippen LogP contribution >= 0.6 is 11.6 Å². The molecule has 0 saturated carbocycles. The summed E-state index contributed by atoms with van der Waals surface area (Å²) in [5.41, 5.74) is 1.06. The van der Waals surface area contributed by atoms with Crippen molar-refractivity contribution >= 4 is 17.6 Å². The fourth-order valence-corrected chi connectivity index (χ4v) is 4.42. The summed E-state index contributed by atoms with van der Waals surface area (Å²) in [5.74, 6) is 0.904. The molecule has 3 heterocycles. The standard InChI is InChI=1S/C23H29ClN4O2/c24-19-3-1-18(2-4-19)17-26-23(29)28-13-7-20(8-14-28)27-15-9-22(10-16-27)30-21-5-11-25-12-6-21/h1-6,11-12,20,22H,7-10,13-17H2,(H,26,29). The molecule has 7 heteroatoms. The molecule has 0 radical (unpaired) electrons. The fraction of sp³-hybridized carbons (Fsp3) is 0.478. The minimum absolute atomic E-state index is 0.0212. The molecule has 0 unspecified atom stereocenters. The van der Waals surface area contributed by atoms with Gasteiger partial charge in [-0.15, -0.1) is 0 Å². The van der Waals surface area contributed by atoms with E-state index in [9.17, 15) is 4.79 Å². The van der Waals surface area contributed by atoms with Gasteiger partial charge in [0.2, 0.25) is 0 Å². The first kappa shape index (κ1) is 20.9. The maximum Gasteiger partial charge on any atom is 0.317 e. The van der Waals surface area contributed by atoms with Crippen LogP contribution in [0.1, 0.15) is 31.2 Å². The number of nitrogens with one attached hydrogen (secondary N) is 1. The van der Waals surface area contributed by atoms with Gasteiger partial charge in [-0.2, -0.15) is 0 Å². The van der Waals surface area contributed by atoms with Crippen molar-refractivity contribution in [3.63, 3.8) is 0 Å². The number of carbonyl (C=O) groups excluding carboxylic acids is 1. The van der Waals surface area contributed by atoms with Gasteiger partial charge in [0.05, 0.1) is 0 Å². The zero-order chi connectivity index (χ0) is 20.8. The highest BCUT2D eigenvalue weighted by molar-refractivity contribution is 6.30. The number of aromatic nitrogens is 1. The van der Waals surface area contributed by atoms with Gasteiger partial charge >= 0.3 is 6.03 Å². The van der Waals surface area contributed by atoms with Gasteiger partial charge in [-0.3, -0.25) is 9.88 Å². The third kappa shape index (κ3) is 5.64. The largest absolute Gasteiger partial charge is 0.490 e. The van der Waals surface area contributed by atoms with Crippen molar-refractivity contribution in [2.45, 2.75) is 44.4 Å². The van der Waals surface area contributed by atoms with Crippen molar-refractivity contribution in [3.05, 3.63) is 59.4 Å². The van der Waals surface area contributed by atoms with Crippen LogP contribution in [0.25, 0.3) is 0 Å². The Bertz CT molecular complexity index is 802. The summed E-state index contributed by atoms with van der Waals surface area (Å²) in [7, 11) is 0. The van der Waals surface area contributed by atoms with E-state index in [1.54, 1.807) is 12.4 Å². The van der Waals surface area contributed by atoms with E-state index in [0.717, 1.165) is 63.2 Å². The third-order valence-corrected chi connectivity index (χ3v) is 6.31. The molecule has 0 aliphatic carbocycles. The van der Waals surface area contributed by atoms with Gasteiger partial charge in [0.1, 0.15) is 11.9 Å². The number of rotatable bonds is 5. The lowest BCUT2D eigenvalue weighted by Crippen LogP contribution is -2.51. The zero-order valence-corrected chi connectivity index (χ0v) is 17.9. The molecular weight excluding hydrogens is 400 g/mol. The molecule has 2 aliphatic rings. The van der Waals surface area contributed by atoms with Gasteiger partial charge in [-0.25, -0.2) is 4.79 Å². The summed E-state index contributed by atoms with van der Waals surface area (Å²) in [6.45, 7) is 4.27. The number of hydrogen-bond acceptors (Lipinski definition) is 4. The van der Waals surface area contributed by atoms with Crippen LogP contribution in [0, 0.1) is 0 Å². The Hall–Kier alpha value is -2.31. The number of nitrogens with zero attached hydrogens (tertiary/aromatic N) is 3. The Morgan fingerprint density at radius 3 is 2.33 bits per heavy atom. The van der Waals surface area contributed by atoms with E-state index in [1.807, 2.05) is 41.3 Å². The topological polar surface area (TPSA) is 57.7 Å². The quantitative estimate of drug-likeness (QED) is 0.783. The van der Waals surface area contributed by atoms with Crippen molar-refractivity contribution in [3.8, 4) is 5.75 Å². The van der Waals surface area contributed by atoms with Crippen molar-refractivity contribution in [2.24, 2.45) is 0 Å². The highest BCUT2D eigenvalue weighted by Crippen LogP contribution is 2.23. The number of benzene rings is 1. The molecule has 0 atom stereocenters. The minimum atomic E-state index is 0.0212. The molecule has 0 spiro atoms. The van der Waals surface area contributed by atoms with Crippen LogP contribution < -0.4 is 10.1 Å². The molecular formula is C23H29ClN4O2. The Kier molecular flexibility index (Phi) is 7.07. The number of likely N-dealkylation sites (tertiary alicyclic amines) is 2. The second kappa shape index (κ2) is 10.1. The first-order chi connectivity index (χ1) is 14.7. The minimum Gasteiger partial charge on any atom is -0.490 e. The second-order valence-corrected chi connectivity index (χ2v) is 8.48. The maximum absolute atomic E-state index is 12.5. The van der Waals surface area contributed by atoms with Crippen LogP contribution in [0.2, 0.25) is 5.02 Å². The fourth-order valence-electron chi connectivity index (χ4n) is 4.29. The third-order valence-electron chi connectivity index (χ3n) is 6.05. The van der Waals surface area contributed by atoms with E-state index in [2.05, 4.69) is 15.2 Å². The number of carbonyl (C=O) groups is 1. The lowest BCUT2D eigenvalue weighted by Gasteiger charge is -2.41. The Morgan fingerprint density at radius 2 is 1.67 bits per heavy atom. The van der Waals surface area contributed by atoms with Gasteiger partial charge in [0.25, 0.3) is 0 Å². The second-order valence-electron chi connectivity index (χ2n) is 8.04. The normalized spacial score (nSPS) is 18.9. The summed E-state index contributed by atoms with van der Waals surface area (Å²) in [6.07, 6.45) is 7.97. The molecule has 2 amide bonds. The first-order valence-electron chi connectivity index (χ1n) is 10.8. The number of piperidine rings is 2. The van der Waals surface area contributed by atoms with E-state index in [4.69, 9.17) is 16.3 Å². The van der Waals surface area contributed by atoms with E-state index in [-0.39, 0.29) is 12.1 Å². The predicted octanol–water partition coefficient (Wildman–Crippen LogP) is 3.95. The van der Waals surface area contributed by atoms with Crippen LogP contribution in [-0.4, -0.2) is 59.1 Å². The van der Waals surface area contributed by atoms with E-state index in [1.165, 1.54) is 0 Å². The monoisotopic (exact) mass is 428 g/mol. The van der Waals surface area contributed by atoms with Crippen LogP contribution in [0.4, 0.5) is 4.79 Å². The number of urea groups is 1. The molecule has 1 N–H and O–H groups in total. The van der Waals surface area contributed by atoms with Gasteiger partial charge < -0.3 is 15.0 Å². The van der Waals surface area contributed by atoms with Crippen LogP contribution in [0.3, 0.4) is 0 Å². The molecule has 2 aliphatic heterocycles. The smallest absolute Gasteiger partial charge is 0.317 e. The lowest BCUT2D eigenvalue weighted by atomic mass is 9.99. The summed E-state index contributed by atoms with van der Waals surface area (Å²) >= 11 is 5.91. The molecule has 0 bridgehead atoms. The Labute approximate surface area is 183 Å². The summed E-state index contributed by atoms with van der Waals surface area (Å²) in [4.78, 5) is 21.0. The van der Waals surface area contributed by atoms with Crippen LogP contribution in [0.5, 0.6) is 5.75 Å². The number of hydrogen-bond donors (Lipinski definition) is 1. The predicted molar refractivity (Wildman–Crippen MR) is 118 cm³/mol. The summed E-state index contributed by atoms with van der Waals surface area (Å²) in [5, 5.41) is 3.73. The van der Waals surface area contributed by atoms with Crippen molar-refractivity contribution in [1.82, 2.24) is 20.1 Å². The van der Waals surface area contributed by atoms with Gasteiger partial charge in [0, 0.05) is 56.2 Å². The van der Waals surface area contributed by atoms with Crippen LogP contribution in [-0.2, 0) is 6.54 Å². The molecule has 2 saturated heterocycles. The van der Waals surface area contributed by atoms with Crippen molar-refractivity contribution < 1.29 is 9.53 Å². The number of halogens is 1. The van der Waals surface area contributed by atoms with E-state index in [0.29, 0.717) is 17.6 Å². The molecule has 2 aromatic rings. The van der Waals surface area contributed by atoms with Crippen LogP contribution in [0.15, 0.2) is 48.8 Å². The molecule has 6 nitrogen and oxygen atoms in total. The Morgan fingerprint density at radius 1 is 1.00 bits per heavy atom. The van der Waals surface area contributed by atoms with Crippen molar-refractivity contribution in [2.75, 3.05) is 26.2 Å². The molecule has 1 aromatic heterocycles. The number of ether oxygens (including phenoxy) is 1. The molecule has 160 valence electrons. The summed E-state index contributed by atoms with van der Waals surface area (Å²) in [6, 6.07) is 12.0. The maximum atomic E-state index is 12.5. The highest BCUT2D eigenvalue weighted by atomic mass is 35.5. The van der Waals surface area contributed by atoms with Gasteiger partial charge in [-0.1, -0.05) is 23.7 Å². The molecule has 1 aromatic carbocycles. The zero-order valence-electron chi connectivity index (χ0n) is 17.2. The first-order valence-corrected chi connectivity index (χ1v) is 11.1. The van der Waals surface area contributed by atoms with Gasteiger partial charge in [0.15, 0.2) is 0 Å². The summed E-state index contributed by atoms with van der Waals surface area (Å²) < 4.78 is 6.07. The lowest BCUT2D eigenvalue weighted by molar-refractivity contribution is 0.0535. The van der Waals surface area contributed by atoms with Gasteiger partial charge in [-0.05, 0) is 55.5 Å². The molecule has 4 rings (SSSR count). The van der Waals surface area contributed by atoms with E-state index < -0.39 is 0 Å². The average Bonchev–Trinajstić information content (AvgIpc) is 2.80. The Balaban J connectivity index is 1.16. The highest BCUT2D eigenvalue weighted by Gasteiger charge is 2.30. The number of pyridine rings is 1. The van der Waals surface area contributed by atoms with Crippen molar-refractivity contribution in [1.29, 1.82) is 0 Å². The average molecular weight is 429 g/mol. The SMILES string of the molecule is O=C(NCc1ccc(Cl)cc1)N1CCC(N2CCC(Oc3ccncc3)CC2)CC1. The van der Waals surface area contributed by atoms with E-state index >= 15 is 0 Å². The molecule has 2 fully saturated rings. The molecule has 30 heavy (non-hydrogen) atoms. The number of amides is 2.